The lowest BCUT2D eigenvalue weighted by atomic mass is 10.2. The van der Waals surface area contributed by atoms with Gasteiger partial charge in [-0.1, -0.05) is 0 Å². The molecule has 0 aromatic carbocycles. The first-order valence-electron chi connectivity index (χ1n) is 5.70. The Morgan fingerprint density at radius 3 is 2.70 bits per heavy atom. The third-order valence-corrected chi connectivity index (χ3v) is 3.29. The summed E-state index contributed by atoms with van der Waals surface area (Å²) in [5.41, 5.74) is -0.166. The van der Waals surface area contributed by atoms with Gasteiger partial charge in [-0.05, 0) is 18.4 Å². The second kappa shape index (κ2) is 6.94. The number of aliphatic carboxylic acids is 1. The molecule has 0 radical (unpaired) electrons. The van der Waals surface area contributed by atoms with Crippen molar-refractivity contribution in [2.75, 3.05) is 12.0 Å². The lowest BCUT2D eigenvalue weighted by Gasteiger charge is -2.13. The van der Waals surface area contributed by atoms with Gasteiger partial charge >= 0.3 is 5.97 Å². The van der Waals surface area contributed by atoms with E-state index in [1.54, 1.807) is 0 Å². The molecule has 0 bridgehead atoms. The Labute approximate surface area is 119 Å². The van der Waals surface area contributed by atoms with Crippen LogP contribution in [-0.2, 0) is 11.8 Å². The largest absolute Gasteiger partial charge is 0.480 e. The number of hydrogen-bond acceptors (Lipinski definition) is 5. The third kappa shape index (κ3) is 3.98. The summed E-state index contributed by atoms with van der Waals surface area (Å²) in [7, 11) is 1.49. The summed E-state index contributed by atoms with van der Waals surface area (Å²) in [5.74, 6) is -1.19. The van der Waals surface area contributed by atoms with E-state index in [1.165, 1.54) is 29.6 Å². The second-order valence-corrected chi connectivity index (χ2v) is 5.08. The second-order valence-electron chi connectivity index (χ2n) is 4.10. The van der Waals surface area contributed by atoms with Gasteiger partial charge in [-0.25, -0.2) is 4.79 Å². The van der Waals surface area contributed by atoms with Gasteiger partial charge in [0.05, 0.1) is 11.1 Å². The van der Waals surface area contributed by atoms with Crippen molar-refractivity contribution in [1.29, 1.82) is 0 Å². The fourth-order valence-electron chi connectivity index (χ4n) is 1.60. The van der Waals surface area contributed by atoms with Crippen LogP contribution in [0.2, 0.25) is 0 Å². The molecule has 0 saturated carbocycles. The van der Waals surface area contributed by atoms with Crippen LogP contribution in [0.15, 0.2) is 12.3 Å². The van der Waals surface area contributed by atoms with Crippen LogP contribution in [0.3, 0.4) is 0 Å². The molecule has 1 rings (SSSR count). The minimum Gasteiger partial charge on any atom is -0.480 e. The van der Waals surface area contributed by atoms with Gasteiger partial charge in [0.15, 0.2) is 0 Å². The quantitative estimate of drug-likeness (QED) is 0.570. The maximum Gasteiger partial charge on any atom is 0.326 e. The summed E-state index contributed by atoms with van der Waals surface area (Å²) in [6, 6.07) is 0.104. The van der Waals surface area contributed by atoms with Crippen LogP contribution in [0.5, 0.6) is 0 Å². The molecular formula is C11H15N3O5S. The Morgan fingerprint density at radius 2 is 2.25 bits per heavy atom. The molecule has 0 fully saturated rings. The molecule has 1 unspecified atom stereocenters. The highest BCUT2D eigenvalue weighted by molar-refractivity contribution is 7.98. The van der Waals surface area contributed by atoms with Gasteiger partial charge in [0, 0.05) is 13.1 Å². The molecule has 20 heavy (non-hydrogen) atoms. The topological polar surface area (TPSA) is 114 Å². The van der Waals surface area contributed by atoms with Gasteiger partial charge < -0.3 is 15.0 Å². The van der Waals surface area contributed by atoms with E-state index < -0.39 is 22.8 Å². The summed E-state index contributed by atoms with van der Waals surface area (Å²) in [5, 5.41) is 22.0. The molecule has 0 spiro atoms. The SMILES string of the molecule is CSCCC(NC(=O)c1cc([N+](=O)[O-])cn1C)C(=O)O. The highest BCUT2D eigenvalue weighted by atomic mass is 32.2. The van der Waals surface area contributed by atoms with Gasteiger partial charge in [0.25, 0.3) is 11.6 Å². The Hall–Kier alpha value is -2.03. The molecule has 1 aromatic heterocycles. The molecule has 1 atom stereocenters. The molecule has 1 amide bonds. The first kappa shape index (κ1) is 16.0. The minimum atomic E-state index is -1.13. The van der Waals surface area contributed by atoms with E-state index >= 15 is 0 Å². The number of carboxylic acid groups (broad SMARTS) is 1. The zero-order chi connectivity index (χ0) is 15.3. The van der Waals surface area contributed by atoms with Gasteiger partial charge in [-0.3, -0.25) is 14.9 Å². The van der Waals surface area contributed by atoms with Crippen molar-refractivity contribution in [3.05, 3.63) is 28.1 Å². The van der Waals surface area contributed by atoms with Crippen molar-refractivity contribution in [3.63, 3.8) is 0 Å². The number of aromatic nitrogens is 1. The number of thioether (sulfide) groups is 1. The predicted molar refractivity (Wildman–Crippen MR) is 74.0 cm³/mol. The molecule has 0 aliphatic carbocycles. The number of aryl methyl sites for hydroxylation is 1. The van der Waals surface area contributed by atoms with Crippen LogP contribution in [-0.4, -0.2) is 44.5 Å². The van der Waals surface area contributed by atoms with Crippen LogP contribution in [0.25, 0.3) is 0 Å². The average molecular weight is 301 g/mol. The number of nitro groups is 1. The number of carbonyl (C=O) groups excluding carboxylic acids is 1. The number of nitrogens with one attached hydrogen (secondary N) is 1. The normalized spacial score (nSPS) is 11.9. The van der Waals surface area contributed by atoms with E-state index in [2.05, 4.69) is 5.32 Å². The van der Waals surface area contributed by atoms with Gasteiger partial charge in [-0.2, -0.15) is 11.8 Å². The summed E-state index contributed by atoms with van der Waals surface area (Å²) < 4.78 is 1.29. The first-order valence-corrected chi connectivity index (χ1v) is 7.09. The molecule has 2 N–H and O–H groups in total. The van der Waals surface area contributed by atoms with E-state index in [4.69, 9.17) is 5.11 Å². The fourth-order valence-corrected chi connectivity index (χ4v) is 2.07. The molecule has 1 heterocycles. The molecular weight excluding hydrogens is 286 g/mol. The van der Waals surface area contributed by atoms with E-state index in [0.29, 0.717) is 5.75 Å². The number of amides is 1. The van der Waals surface area contributed by atoms with Crippen LogP contribution in [0.4, 0.5) is 5.69 Å². The number of carboxylic acids is 1. The van der Waals surface area contributed by atoms with Crippen molar-refractivity contribution in [3.8, 4) is 0 Å². The maximum atomic E-state index is 12.0. The average Bonchev–Trinajstić information content (AvgIpc) is 2.76. The molecule has 0 aliphatic rings. The van der Waals surface area contributed by atoms with E-state index in [1.807, 2.05) is 6.26 Å². The van der Waals surface area contributed by atoms with Gasteiger partial charge in [-0.15, -0.1) is 0 Å². The van der Waals surface area contributed by atoms with Gasteiger partial charge in [0.2, 0.25) is 0 Å². The van der Waals surface area contributed by atoms with Crippen molar-refractivity contribution < 1.29 is 19.6 Å². The van der Waals surface area contributed by atoms with Gasteiger partial charge in [0.1, 0.15) is 11.7 Å². The standard InChI is InChI=1S/C11H15N3O5S/c1-13-6-7(14(18)19)5-9(13)10(15)12-8(11(16)17)3-4-20-2/h5-6,8H,3-4H2,1-2H3,(H,12,15)(H,16,17). The Morgan fingerprint density at radius 1 is 1.60 bits per heavy atom. The highest BCUT2D eigenvalue weighted by Crippen LogP contribution is 2.15. The lowest BCUT2D eigenvalue weighted by molar-refractivity contribution is -0.384. The van der Waals surface area contributed by atoms with Crippen molar-refractivity contribution in [2.24, 2.45) is 7.05 Å². The van der Waals surface area contributed by atoms with E-state index in [9.17, 15) is 19.7 Å². The van der Waals surface area contributed by atoms with Crippen LogP contribution >= 0.6 is 11.8 Å². The van der Waals surface area contributed by atoms with Crippen LogP contribution < -0.4 is 5.32 Å². The van der Waals surface area contributed by atoms with Crippen molar-refractivity contribution in [1.82, 2.24) is 9.88 Å². The van der Waals surface area contributed by atoms with Crippen molar-refractivity contribution in [2.45, 2.75) is 12.5 Å². The van der Waals surface area contributed by atoms with Crippen LogP contribution in [0.1, 0.15) is 16.9 Å². The monoisotopic (exact) mass is 301 g/mol. The number of carbonyl (C=O) groups is 2. The summed E-state index contributed by atoms with van der Waals surface area (Å²) >= 11 is 1.47. The molecule has 9 heteroatoms. The van der Waals surface area contributed by atoms with E-state index in [-0.39, 0.29) is 17.8 Å². The Bertz CT molecular complexity index is 528. The molecule has 110 valence electrons. The zero-order valence-corrected chi connectivity index (χ0v) is 11.8. The Balaban J connectivity index is 2.83. The number of rotatable bonds is 7. The zero-order valence-electron chi connectivity index (χ0n) is 11.0. The van der Waals surface area contributed by atoms with Crippen LogP contribution in [0, 0.1) is 10.1 Å². The van der Waals surface area contributed by atoms with Crippen molar-refractivity contribution >= 4 is 29.3 Å². The predicted octanol–water partition coefficient (Wildman–Crippen LogP) is 0.869. The first-order chi connectivity index (χ1) is 9.36. The number of hydrogen-bond donors (Lipinski definition) is 2. The lowest BCUT2D eigenvalue weighted by Crippen LogP contribution is -2.41. The molecule has 0 saturated heterocycles. The summed E-state index contributed by atoms with van der Waals surface area (Å²) in [6.07, 6.45) is 3.32. The molecule has 0 aliphatic heterocycles. The minimum absolute atomic E-state index is 0.0482. The fraction of sp³-hybridized carbons (Fsp3) is 0.455. The number of nitrogens with zero attached hydrogens (tertiary/aromatic N) is 2. The third-order valence-electron chi connectivity index (χ3n) is 2.65. The Kier molecular flexibility index (Phi) is 5.56. The molecule has 8 nitrogen and oxygen atoms in total. The summed E-state index contributed by atoms with van der Waals surface area (Å²) in [4.78, 5) is 33.0. The smallest absolute Gasteiger partial charge is 0.326 e. The maximum absolute atomic E-state index is 12.0. The molecule has 1 aromatic rings. The summed E-state index contributed by atoms with van der Waals surface area (Å²) in [6.45, 7) is 0. The highest BCUT2D eigenvalue weighted by Gasteiger charge is 2.23. The van der Waals surface area contributed by atoms with E-state index in [0.717, 1.165) is 6.07 Å².